The SMILES string of the molecule is Cc1cc(C#N)ccc1CS(=O)(=O)C(C)CC(=O)O. The van der Waals surface area contributed by atoms with Gasteiger partial charge in [0.2, 0.25) is 0 Å². The van der Waals surface area contributed by atoms with Gasteiger partial charge in [0.15, 0.2) is 9.84 Å². The van der Waals surface area contributed by atoms with Gasteiger partial charge in [-0.1, -0.05) is 6.07 Å². The van der Waals surface area contributed by atoms with Gasteiger partial charge in [0.05, 0.1) is 29.1 Å². The number of benzene rings is 1. The summed E-state index contributed by atoms with van der Waals surface area (Å²) in [6.07, 6.45) is -0.405. The minimum atomic E-state index is -3.51. The molecule has 0 aliphatic heterocycles. The number of sulfone groups is 1. The van der Waals surface area contributed by atoms with Crippen LogP contribution in [0.25, 0.3) is 0 Å². The van der Waals surface area contributed by atoms with Crippen molar-refractivity contribution in [1.82, 2.24) is 0 Å². The van der Waals surface area contributed by atoms with E-state index >= 15 is 0 Å². The molecular formula is C13H15NO4S. The van der Waals surface area contributed by atoms with Crippen LogP contribution in [0.5, 0.6) is 0 Å². The number of rotatable bonds is 5. The molecule has 0 aromatic heterocycles. The quantitative estimate of drug-likeness (QED) is 0.885. The normalized spacial score (nSPS) is 12.7. The molecule has 102 valence electrons. The van der Waals surface area contributed by atoms with Crippen LogP contribution in [0.3, 0.4) is 0 Å². The van der Waals surface area contributed by atoms with Crippen LogP contribution in [0.4, 0.5) is 0 Å². The van der Waals surface area contributed by atoms with E-state index in [0.29, 0.717) is 16.7 Å². The number of nitriles is 1. The highest BCUT2D eigenvalue weighted by atomic mass is 32.2. The Bertz CT molecular complexity index is 629. The van der Waals surface area contributed by atoms with Gasteiger partial charge in [-0.05, 0) is 37.1 Å². The summed E-state index contributed by atoms with van der Waals surface area (Å²) < 4.78 is 24.0. The largest absolute Gasteiger partial charge is 0.481 e. The monoisotopic (exact) mass is 281 g/mol. The summed E-state index contributed by atoms with van der Waals surface area (Å²) >= 11 is 0. The fraction of sp³-hybridized carbons (Fsp3) is 0.385. The van der Waals surface area contributed by atoms with Crippen LogP contribution in [-0.2, 0) is 20.4 Å². The zero-order valence-electron chi connectivity index (χ0n) is 10.8. The zero-order valence-corrected chi connectivity index (χ0v) is 11.6. The molecule has 1 atom stereocenters. The van der Waals surface area contributed by atoms with Crippen molar-refractivity contribution in [2.24, 2.45) is 0 Å². The molecule has 0 amide bonds. The van der Waals surface area contributed by atoms with Crippen molar-refractivity contribution in [3.05, 3.63) is 34.9 Å². The van der Waals surface area contributed by atoms with Gasteiger partial charge in [-0.15, -0.1) is 0 Å². The van der Waals surface area contributed by atoms with Crippen molar-refractivity contribution >= 4 is 15.8 Å². The van der Waals surface area contributed by atoms with Crippen LogP contribution in [0, 0.1) is 18.3 Å². The van der Waals surface area contributed by atoms with Crippen LogP contribution in [0.15, 0.2) is 18.2 Å². The van der Waals surface area contributed by atoms with E-state index in [9.17, 15) is 13.2 Å². The highest BCUT2D eigenvalue weighted by Crippen LogP contribution is 2.18. The number of carbonyl (C=O) groups is 1. The Morgan fingerprint density at radius 1 is 1.47 bits per heavy atom. The van der Waals surface area contributed by atoms with Crippen molar-refractivity contribution in [3.8, 4) is 6.07 Å². The van der Waals surface area contributed by atoms with Gasteiger partial charge in [-0.2, -0.15) is 5.26 Å². The van der Waals surface area contributed by atoms with Gasteiger partial charge in [-0.25, -0.2) is 8.42 Å². The lowest BCUT2D eigenvalue weighted by Crippen LogP contribution is -2.23. The fourth-order valence-corrected chi connectivity index (χ4v) is 3.10. The lowest BCUT2D eigenvalue weighted by atomic mass is 10.1. The zero-order chi connectivity index (χ0) is 14.6. The molecule has 0 aliphatic carbocycles. The average molecular weight is 281 g/mol. The second-order valence-corrected chi connectivity index (χ2v) is 6.89. The number of carboxylic acids is 1. The molecule has 0 fully saturated rings. The van der Waals surface area contributed by atoms with Crippen LogP contribution in [0.2, 0.25) is 0 Å². The smallest absolute Gasteiger partial charge is 0.304 e. The number of hydrogen-bond donors (Lipinski definition) is 1. The maximum Gasteiger partial charge on any atom is 0.304 e. The minimum absolute atomic E-state index is 0.209. The molecule has 1 aromatic rings. The summed E-state index contributed by atoms with van der Waals surface area (Å²) in [6.45, 7) is 3.12. The Labute approximate surface area is 112 Å². The maximum atomic E-state index is 12.0. The van der Waals surface area contributed by atoms with E-state index in [1.165, 1.54) is 6.92 Å². The molecule has 0 aliphatic rings. The Morgan fingerprint density at radius 2 is 2.11 bits per heavy atom. The summed E-state index contributed by atoms with van der Waals surface area (Å²) in [7, 11) is -3.51. The first kappa shape index (κ1) is 15.2. The third-order valence-electron chi connectivity index (χ3n) is 2.90. The van der Waals surface area contributed by atoms with Crippen molar-refractivity contribution in [2.75, 3.05) is 0 Å². The molecule has 1 N–H and O–H groups in total. The molecule has 1 rings (SSSR count). The third-order valence-corrected chi connectivity index (χ3v) is 5.01. The molecule has 0 saturated heterocycles. The molecule has 0 saturated carbocycles. The fourth-order valence-electron chi connectivity index (χ4n) is 1.66. The maximum absolute atomic E-state index is 12.0. The standard InChI is InChI=1S/C13H15NO4S/c1-9-5-11(7-14)3-4-12(9)8-19(17,18)10(2)6-13(15)16/h3-5,10H,6,8H2,1-2H3,(H,15,16). The predicted molar refractivity (Wildman–Crippen MR) is 70.2 cm³/mol. The van der Waals surface area contributed by atoms with Crippen LogP contribution < -0.4 is 0 Å². The van der Waals surface area contributed by atoms with E-state index in [1.807, 2.05) is 6.07 Å². The Morgan fingerprint density at radius 3 is 2.58 bits per heavy atom. The highest BCUT2D eigenvalue weighted by Gasteiger charge is 2.24. The predicted octanol–water partition coefficient (Wildman–Crippen LogP) is 1.64. The van der Waals surface area contributed by atoms with Crippen molar-refractivity contribution < 1.29 is 18.3 Å². The van der Waals surface area contributed by atoms with Gasteiger partial charge in [-0.3, -0.25) is 4.79 Å². The summed E-state index contributed by atoms with van der Waals surface area (Å²) in [5.41, 5.74) is 1.78. The molecule has 19 heavy (non-hydrogen) atoms. The van der Waals surface area contributed by atoms with Gasteiger partial charge in [0.25, 0.3) is 0 Å². The second-order valence-electron chi connectivity index (χ2n) is 4.47. The number of nitrogens with zero attached hydrogens (tertiary/aromatic N) is 1. The molecule has 5 nitrogen and oxygen atoms in total. The van der Waals surface area contributed by atoms with E-state index < -0.39 is 27.5 Å². The first-order chi connectivity index (χ1) is 8.76. The van der Waals surface area contributed by atoms with Gasteiger partial charge >= 0.3 is 5.97 Å². The van der Waals surface area contributed by atoms with E-state index in [-0.39, 0.29) is 5.75 Å². The van der Waals surface area contributed by atoms with Gasteiger partial charge in [0.1, 0.15) is 0 Å². The van der Waals surface area contributed by atoms with E-state index in [4.69, 9.17) is 10.4 Å². The summed E-state index contributed by atoms with van der Waals surface area (Å²) in [6, 6.07) is 6.75. The number of aliphatic carboxylic acids is 1. The van der Waals surface area contributed by atoms with Crippen molar-refractivity contribution in [3.63, 3.8) is 0 Å². The lowest BCUT2D eigenvalue weighted by Gasteiger charge is -2.12. The van der Waals surface area contributed by atoms with Crippen LogP contribution in [0.1, 0.15) is 30.0 Å². The van der Waals surface area contributed by atoms with E-state index in [0.717, 1.165) is 0 Å². The van der Waals surface area contributed by atoms with Crippen LogP contribution in [-0.4, -0.2) is 24.7 Å². The number of aryl methyl sites for hydroxylation is 1. The topological polar surface area (TPSA) is 95.2 Å². The van der Waals surface area contributed by atoms with Crippen molar-refractivity contribution in [2.45, 2.75) is 31.3 Å². The van der Waals surface area contributed by atoms with E-state index in [2.05, 4.69) is 0 Å². The first-order valence-corrected chi connectivity index (χ1v) is 7.41. The summed E-state index contributed by atoms with van der Waals surface area (Å²) in [4.78, 5) is 10.6. The minimum Gasteiger partial charge on any atom is -0.481 e. The molecule has 6 heteroatoms. The molecule has 0 spiro atoms. The Balaban J connectivity index is 2.96. The van der Waals surface area contributed by atoms with Gasteiger partial charge < -0.3 is 5.11 Å². The molecule has 0 bridgehead atoms. The van der Waals surface area contributed by atoms with E-state index in [1.54, 1.807) is 25.1 Å². The molecule has 1 unspecified atom stereocenters. The van der Waals surface area contributed by atoms with Crippen LogP contribution >= 0.6 is 0 Å². The molecule has 0 heterocycles. The first-order valence-electron chi connectivity index (χ1n) is 5.69. The molecular weight excluding hydrogens is 266 g/mol. The Kier molecular flexibility index (Phi) is 4.67. The number of carboxylic acid groups (broad SMARTS) is 1. The third kappa shape index (κ3) is 4.07. The average Bonchev–Trinajstić information content (AvgIpc) is 2.30. The summed E-state index contributed by atoms with van der Waals surface area (Å²) in [5.74, 6) is -1.34. The molecule has 1 aromatic carbocycles. The number of hydrogen-bond acceptors (Lipinski definition) is 4. The highest BCUT2D eigenvalue weighted by molar-refractivity contribution is 7.91. The van der Waals surface area contributed by atoms with Crippen molar-refractivity contribution in [1.29, 1.82) is 5.26 Å². The van der Waals surface area contributed by atoms with Gasteiger partial charge in [0, 0.05) is 0 Å². The molecule has 0 radical (unpaired) electrons. The lowest BCUT2D eigenvalue weighted by molar-refractivity contribution is -0.136. The Hall–Kier alpha value is -1.87. The summed E-state index contributed by atoms with van der Waals surface area (Å²) in [5, 5.41) is 16.4. The second kappa shape index (κ2) is 5.85.